The van der Waals surface area contributed by atoms with Crippen LogP contribution >= 0.6 is 0 Å². The highest BCUT2D eigenvalue weighted by molar-refractivity contribution is 5.18. The largest absolute Gasteiger partial charge is 0.368 e. The van der Waals surface area contributed by atoms with Crippen LogP contribution in [0.5, 0.6) is 0 Å². The molecule has 0 aliphatic carbocycles. The fourth-order valence-electron chi connectivity index (χ4n) is 8.96. The van der Waals surface area contributed by atoms with Crippen molar-refractivity contribution in [3.63, 3.8) is 0 Å². The Bertz CT molecular complexity index is 2390. The Kier molecular flexibility index (Phi) is 18.2. The van der Waals surface area contributed by atoms with Crippen molar-refractivity contribution in [2.24, 2.45) is 0 Å². The lowest BCUT2D eigenvalue weighted by Crippen LogP contribution is -2.61. The zero-order valence-corrected chi connectivity index (χ0v) is 40.1. The van der Waals surface area contributed by atoms with Gasteiger partial charge in [-0.1, -0.05) is 182 Å². The average Bonchev–Trinajstić information content (AvgIpc) is 3.87. The topological polar surface area (TPSA) is 136 Å². The zero-order chi connectivity index (χ0) is 48.5. The summed E-state index contributed by atoms with van der Waals surface area (Å²) in [6, 6.07) is 60.1. The van der Waals surface area contributed by atoms with Gasteiger partial charge in [-0.2, -0.15) is 4.80 Å². The van der Waals surface area contributed by atoms with Crippen LogP contribution in [0.1, 0.15) is 39.2 Å². The molecule has 14 heteroatoms. The van der Waals surface area contributed by atoms with E-state index in [9.17, 15) is 0 Å². The molecule has 0 N–H and O–H groups in total. The number of aromatic nitrogens is 4. The monoisotopic (exact) mass is 962 g/mol. The predicted octanol–water partition coefficient (Wildman–Crippen LogP) is 8.47. The molecule has 71 heavy (non-hydrogen) atoms. The minimum Gasteiger partial charge on any atom is -0.368 e. The molecule has 10 atom stereocenters. The molecule has 14 nitrogen and oxygen atoms in total. The van der Waals surface area contributed by atoms with Gasteiger partial charge in [0.1, 0.15) is 42.7 Å². The molecule has 3 heterocycles. The van der Waals surface area contributed by atoms with Gasteiger partial charge in [0.25, 0.3) is 0 Å². The quantitative estimate of drug-likeness (QED) is 0.0574. The smallest absolute Gasteiger partial charge is 0.186 e. The van der Waals surface area contributed by atoms with E-state index >= 15 is 0 Å². The molecule has 6 aromatic carbocycles. The molecule has 2 aliphatic rings. The van der Waals surface area contributed by atoms with Crippen molar-refractivity contribution in [2.75, 3.05) is 14.2 Å². The number of methoxy groups -OCH3 is 2. The predicted molar refractivity (Wildman–Crippen MR) is 263 cm³/mol. The first-order chi connectivity index (χ1) is 35.1. The van der Waals surface area contributed by atoms with E-state index in [1.54, 1.807) is 14.2 Å². The maximum Gasteiger partial charge on any atom is 0.186 e. The number of hydrogen-bond acceptors (Lipinski definition) is 13. The van der Waals surface area contributed by atoms with Gasteiger partial charge in [-0.05, 0) is 38.6 Å². The van der Waals surface area contributed by atoms with E-state index in [0.717, 1.165) is 33.4 Å². The van der Waals surface area contributed by atoms with E-state index in [-0.39, 0.29) is 13.0 Å². The third-order valence-electron chi connectivity index (χ3n) is 12.6. The highest BCUT2D eigenvalue weighted by atomic mass is 16.7. The summed E-state index contributed by atoms with van der Waals surface area (Å²) in [6.07, 6.45) is -6.61. The van der Waals surface area contributed by atoms with E-state index in [1.807, 2.05) is 182 Å². The summed E-state index contributed by atoms with van der Waals surface area (Å²) in [5.74, 6) is 0.422. The van der Waals surface area contributed by atoms with Crippen molar-refractivity contribution in [2.45, 2.75) is 114 Å². The molecule has 1 aromatic heterocycles. The number of ether oxygens (including phenoxy) is 10. The van der Waals surface area contributed by atoms with Gasteiger partial charge in [-0.3, -0.25) is 0 Å². The van der Waals surface area contributed by atoms with Crippen LogP contribution in [-0.2, 0) is 100.0 Å². The van der Waals surface area contributed by atoms with Gasteiger partial charge in [0.2, 0.25) is 0 Å². The Morgan fingerprint density at radius 2 is 0.676 bits per heavy atom. The van der Waals surface area contributed by atoms with Crippen LogP contribution < -0.4 is 0 Å². The Hall–Kier alpha value is -6.01. The van der Waals surface area contributed by atoms with Gasteiger partial charge in [0.05, 0.1) is 52.3 Å². The fourth-order valence-corrected chi connectivity index (χ4v) is 8.96. The van der Waals surface area contributed by atoms with Gasteiger partial charge in [0, 0.05) is 20.6 Å². The van der Waals surface area contributed by atoms with Crippen LogP contribution in [0, 0.1) is 0 Å². The highest BCUT2D eigenvalue weighted by Gasteiger charge is 2.51. The van der Waals surface area contributed by atoms with E-state index < -0.39 is 61.4 Å². The number of nitrogens with zero attached hydrogens (tertiary/aromatic N) is 4. The van der Waals surface area contributed by atoms with Crippen molar-refractivity contribution in [1.29, 1.82) is 0 Å². The summed E-state index contributed by atoms with van der Waals surface area (Å²) in [7, 11) is 3.21. The Labute approximate surface area is 415 Å². The fraction of sp³-hybridized carbons (Fsp3) is 0.351. The maximum absolute atomic E-state index is 6.84. The molecule has 0 amide bonds. The maximum atomic E-state index is 6.84. The average molecular weight is 963 g/mol. The first-order valence-corrected chi connectivity index (χ1v) is 24.2. The molecule has 7 aromatic rings. The normalized spacial score (nSPS) is 24.4. The first-order valence-electron chi connectivity index (χ1n) is 24.2. The lowest BCUT2D eigenvalue weighted by Gasteiger charge is -2.45. The second kappa shape index (κ2) is 25.9. The van der Waals surface area contributed by atoms with Crippen molar-refractivity contribution in [3.8, 4) is 0 Å². The molecule has 370 valence electrons. The number of benzene rings is 6. The van der Waals surface area contributed by atoms with Crippen LogP contribution in [0.3, 0.4) is 0 Å². The van der Waals surface area contributed by atoms with Crippen LogP contribution in [0.25, 0.3) is 0 Å². The lowest BCUT2D eigenvalue weighted by molar-refractivity contribution is -0.320. The van der Waals surface area contributed by atoms with E-state index in [0.29, 0.717) is 45.5 Å². The Balaban J connectivity index is 0.987. The molecule has 2 aliphatic heterocycles. The molecule has 0 saturated carbocycles. The van der Waals surface area contributed by atoms with Crippen LogP contribution in [0.4, 0.5) is 0 Å². The molecule has 2 saturated heterocycles. The summed E-state index contributed by atoms with van der Waals surface area (Å²) >= 11 is 0. The van der Waals surface area contributed by atoms with E-state index in [1.165, 1.54) is 4.80 Å². The second-order valence-electron chi connectivity index (χ2n) is 17.6. The summed E-state index contributed by atoms with van der Waals surface area (Å²) in [5.41, 5.74) is 6.01. The van der Waals surface area contributed by atoms with E-state index in [4.69, 9.17) is 52.5 Å². The molecule has 10 unspecified atom stereocenters. The molecule has 2 fully saturated rings. The first kappa shape index (κ1) is 50.0. The minimum absolute atomic E-state index is 0.154. The van der Waals surface area contributed by atoms with E-state index in [2.05, 4.69) is 10.3 Å². The van der Waals surface area contributed by atoms with Gasteiger partial charge in [0.15, 0.2) is 18.4 Å². The third kappa shape index (κ3) is 13.9. The Morgan fingerprint density at radius 3 is 1.01 bits per heavy atom. The van der Waals surface area contributed by atoms with Crippen molar-refractivity contribution >= 4 is 0 Å². The SMILES string of the molecule is COC1OC(Cc2nnn(CC3OC(OC)C(OCc4ccccc4)C(OCc4ccccc4)C3OCc3ccccc3)n2)C(OCc2ccccc2)C(OCc2ccccc2)C1OCc1ccccc1. The summed E-state index contributed by atoms with van der Waals surface area (Å²) in [5, 5.41) is 14.1. The molecule has 0 radical (unpaired) electrons. The van der Waals surface area contributed by atoms with Gasteiger partial charge in [-0.25, -0.2) is 0 Å². The molecule has 0 bridgehead atoms. The molecular formula is C57H62N4O10. The van der Waals surface area contributed by atoms with Crippen molar-refractivity contribution in [3.05, 3.63) is 221 Å². The second-order valence-corrected chi connectivity index (χ2v) is 17.6. The summed E-state index contributed by atoms with van der Waals surface area (Å²) in [4.78, 5) is 1.52. The molecule has 9 rings (SSSR count). The number of hydrogen-bond donors (Lipinski definition) is 0. The van der Waals surface area contributed by atoms with Crippen molar-refractivity contribution in [1.82, 2.24) is 20.2 Å². The van der Waals surface area contributed by atoms with Gasteiger partial charge >= 0.3 is 0 Å². The molecular weight excluding hydrogens is 901 g/mol. The van der Waals surface area contributed by atoms with Crippen molar-refractivity contribution < 1.29 is 47.4 Å². The van der Waals surface area contributed by atoms with Gasteiger partial charge < -0.3 is 47.4 Å². The standard InChI is InChI=1S/C57H62N4O10/c1-62-56-54(68-39-45-29-17-7-18-30-45)52(66-37-43-25-13-5-14-26-43)50(64-35-41-21-9-3-10-22-41)47(70-56)33-49-58-60-61(59-49)34-48-51(65-36-42-23-11-4-12-24-42)53(67-38-44-27-15-6-16-28-44)55(57(63-2)71-48)69-40-46-31-19-8-20-32-46/h3-32,47-48,50-57H,33-40H2,1-2H3. The molecule has 0 spiro atoms. The lowest BCUT2D eigenvalue weighted by atomic mass is 9.95. The number of rotatable bonds is 24. The van der Waals surface area contributed by atoms with Crippen LogP contribution in [-0.4, -0.2) is 95.8 Å². The number of tetrazole rings is 1. The van der Waals surface area contributed by atoms with Gasteiger partial charge in [-0.15, -0.1) is 10.2 Å². The highest BCUT2D eigenvalue weighted by Crippen LogP contribution is 2.34. The summed E-state index contributed by atoms with van der Waals surface area (Å²) < 4.78 is 66.3. The third-order valence-corrected chi connectivity index (χ3v) is 12.6. The summed E-state index contributed by atoms with van der Waals surface area (Å²) in [6.45, 7) is 1.99. The zero-order valence-electron chi connectivity index (χ0n) is 40.1. The minimum atomic E-state index is -0.821. The van der Waals surface area contributed by atoms with Crippen LogP contribution in [0.2, 0.25) is 0 Å². The van der Waals surface area contributed by atoms with Crippen LogP contribution in [0.15, 0.2) is 182 Å². The Morgan fingerprint density at radius 1 is 0.380 bits per heavy atom.